The molecule has 0 fully saturated rings. The van der Waals surface area contributed by atoms with Crippen LogP contribution in [0.2, 0.25) is 0 Å². The van der Waals surface area contributed by atoms with Gasteiger partial charge in [0, 0.05) is 35.9 Å². The third-order valence-electron chi connectivity index (χ3n) is 4.56. The van der Waals surface area contributed by atoms with Gasteiger partial charge in [0.1, 0.15) is 11.5 Å². The molecule has 0 saturated carbocycles. The van der Waals surface area contributed by atoms with E-state index in [0.717, 1.165) is 18.5 Å². The quantitative estimate of drug-likeness (QED) is 0.658. The number of hydrogen-bond donors (Lipinski definition) is 1. The monoisotopic (exact) mass is 352 g/mol. The number of rotatable bonds is 7. The molecule has 1 amide bonds. The highest BCUT2D eigenvalue weighted by Gasteiger charge is 2.13. The smallest absolute Gasteiger partial charge is 0.251 e. The van der Waals surface area contributed by atoms with Gasteiger partial charge in [-0.1, -0.05) is 18.2 Å². The summed E-state index contributed by atoms with van der Waals surface area (Å²) in [4.78, 5) is 12.4. The summed E-state index contributed by atoms with van der Waals surface area (Å²) in [5.74, 6) is 1.17. The van der Waals surface area contributed by atoms with Crippen molar-refractivity contribution in [3.63, 3.8) is 0 Å². The van der Waals surface area contributed by atoms with Gasteiger partial charge >= 0.3 is 0 Å². The van der Waals surface area contributed by atoms with E-state index >= 15 is 0 Å². The Labute approximate surface area is 153 Å². The first-order valence-electron chi connectivity index (χ1n) is 8.68. The Kier molecular flexibility index (Phi) is 5.46. The molecule has 0 unspecified atom stereocenters. The minimum absolute atomic E-state index is 0.126. The van der Waals surface area contributed by atoms with Crippen molar-refractivity contribution in [2.24, 2.45) is 0 Å². The largest absolute Gasteiger partial charge is 0.496 e. The van der Waals surface area contributed by atoms with Crippen LogP contribution < -0.4 is 14.8 Å². The first-order valence-corrected chi connectivity index (χ1v) is 8.68. The molecule has 3 aromatic rings. The fourth-order valence-electron chi connectivity index (χ4n) is 3.11. The van der Waals surface area contributed by atoms with Gasteiger partial charge in [0.25, 0.3) is 5.91 Å². The average Bonchev–Trinajstić information content (AvgIpc) is 3.08. The van der Waals surface area contributed by atoms with Gasteiger partial charge in [-0.25, -0.2) is 0 Å². The Hall–Kier alpha value is -2.95. The molecule has 2 aromatic carbocycles. The number of hydrogen-bond acceptors (Lipinski definition) is 3. The van der Waals surface area contributed by atoms with Gasteiger partial charge in [-0.2, -0.15) is 0 Å². The van der Waals surface area contributed by atoms with E-state index in [4.69, 9.17) is 9.47 Å². The number of carbonyl (C=O) groups excluding carboxylic acids is 1. The van der Waals surface area contributed by atoms with Crippen LogP contribution >= 0.6 is 0 Å². The fourth-order valence-corrected chi connectivity index (χ4v) is 3.11. The summed E-state index contributed by atoms with van der Waals surface area (Å²) in [7, 11) is 3.18. The molecule has 0 atom stereocenters. The predicted molar refractivity (Wildman–Crippen MR) is 103 cm³/mol. The summed E-state index contributed by atoms with van der Waals surface area (Å²) in [6.07, 6.45) is 2.94. The zero-order chi connectivity index (χ0) is 18.5. The molecular weight excluding hydrogens is 328 g/mol. The predicted octanol–water partition coefficient (Wildman–Crippen LogP) is 3.79. The molecule has 5 nitrogen and oxygen atoms in total. The highest BCUT2D eigenvalue weighted by Crippen LogP contribution is 2.29. The molecule has 1 N–H and O–H groups in total. The van der Waals surface area contributed by atoms with Crippen molar-refractivity contribution in [1.29, 1.82) is 0 Å². The van der Waals surface area contributed by atoms with Crippen molar-refractivity contribution >= 4 is 16.8 Å². The van der Waals surface area contributed by atoms with Crippen LogP contribution in [0.1, 0.15) is 22.3 Å². The number of methoxy groups -OCH3 is 2. The summed E-state index contributed by atoms with van der Waals surface area (Å²) in [5, 5.41) is 4.20. The number of nitrogens with one attached hydrogen (secondary N) is 1. The molecule has 3 rings (SSSR count). The molecule has 136 valence electrons. The molecule has 1 aromatic heterocycles. The fraction of sp³-hybridized carbons (Fsp3) is 0.286. The number of amides is 1. The van der Waals surface area contributed by atoms with Gasteiger partial charge in [0.2, 0.25) is 0 Å². The Morgan fingerprint density at radius 2 is 1.77 bits per heavy atom. The molecule has 0 aliphatic rings. The molecule has 0 radical (unpaired) electrons. The molecule has 0 spiro atoms. The number of ether oxygens (including phenoxy) is 2. The van der Waals surface area contributed by atoms with E-state index < -0.39 is 0 Å². The Balaban J connectivity index is 1.59. The van der Waals surface area contributed by atoms with Gasteiger partial charge in [0.05, 0.1) is 14.2 Å². The minimum atomic E-state index is -0.126. The summed E-state index contributed by atoms with van der Waals surface area (Å²) in [6, 6.07) is 13.9. The summed E-state index contributed by atoms with van der Waals surface area (Å²) in [6.45, 7) is 3.36. The highest BCUT2D eigenvalue weighted by atomic mass is 16.5. The van der Waals surface area contributed by atoms with E-state index in [1.54, 1.807) is 26.4 Å². The standard InChI is InChI=1S/C21H24N2O3/c1-15-19(25-2)13-17(14-20(15)26-3)21(24)22-10-6-11-23-12-9-16-7-4-5-8-18(16)23/h4-5,7-9,12-14H,6,10-11H2,1-3H3,(H,22,24). The maximum Gasteiger partial charge on any atom is 0.251 e. The van der Waals surface area contributed by atoms with Crippen molar-refractivity contribution in [1.82, 2.24) is 9.88 Å². The normalized spacial score (nSPS) is 10.7. The van der Waals surface area contributed by atoms with Crippen LogP contribution in [-0.2, 0) is 6.54 Å². The Bertz CT molecular complexity index is 890. The first-order chi connectivity index (χ1) is 12.6. The number of aromatic nitrogens is 1. The molecule has 0 bridgehead atoms. The average molecular weight is 352 g/mol. The van der Waals surface area contributed by atoms with Gasteiger partial charge in [-0.05, 0) is 43.0 Å². The zero-order valence-electron chi connectivity index (χ0n) is 15.4. The van der Waals surface area contributed by atoms with Gasteiger partial charge < -0.3 is 19.4 Å². The van der Waals surface area contributed by atoms with Crippen molar-refractivity contribution in [2.75, 3.05) is 20.8 Å². The van der Waals surface area contributed by atoms with Crippen molar-refractivity contribution in [2.45, 2.75) is 19.9 Å². The van der Waals surface area contributed by atoms with Crippen molar-refractivity contribution in [3.8, 4) is 11.5 Å². The lowest BCUT2D eigenvalue weighted by atomic mass is 10.1. The summed E-state index contributed by atoms with van der Waals surface area (Å²) < 4.78 is 12.9. The molecule has 5 heteroatoms. The van der Waals surface area contributed by atoms with E-state index in [1.807, 2.05) is 19.1 Å². The Morgan fingerprint density at radius 3 is 2.46 bits per heavy atom. The second-order valence-corrected chi connectivity index (χ2v) is 6.18. The van der Waals surface area contributed by atoms with Gasteiger partial charge in [-0.3, -0.25) is 4.79 Å². The van der Waals surface area contributed by atoms with Crippen molar-refractivity contribution < 1.29 is 14.3 Å². The van der Waals surface area contributed by atoms with Crippen LogP contribution in [0.15, 0.2) is 48.7 Å². The van der Waals surface area contributed by atoms with E-state index in [-0.39, 0.29) is 5.91 Å². The third kappa shape index (κ3) is 3.67. The zero-order valence-corrected chi connectivity index (χ0v) is 15.4. The summed E-state index contributed by atoms with van der Waals surface area (Å²) >= 11 is 0. The SMILES string of the molecule is COc1cc(C(=O)NCCCn2ccc3ccccc32)cc(OC)c1C. The van der Waals surface area contributed by atoms with E-state index in [0.29, 0.717) is 23.6 Å². The van der Waals surface area contributed by atoms with Crippen LogP contribution in [-0.4, -0.2) is 31.2 Å². The molecule has 26 heavy (non-hydrogen) atoms. The highest BCUT2D eigenvalue weighted by molar-refractivity contribution is 5.95. The number of benzene rings is 2. The molecule has 1 heterocycles. The number of para-hydroxylation sites is 1. The van der Waals surface area contributed by atoms with Crippen LogP contribution in [0.3, 0.4) is 0 Å². The first kappa shape index (κ1) is 17.9. The third-order valence-corrected chi connectivity index (χ3v) is 4.56. The lowest BCUT2D eigenvalue weighted by molar-refractivity contribution is 0.0952. The maximum atomic E-state index is 12.4. The van der Waals surface area contributed by atoms with Crippen LogP contribution in [0.25, 0.3) is 10.9 Å². The van der Waals surface area contributed by atoms with E-state index in [1.165, 1.54) is 10.9 Å². The van der Waals surface area contributed by atoms with E-state index in [2.05, 4.69) is 34.3 Å². The lowest BCUT2D eigenvalue weighted by Crippen LogP contribution is -2.25. The van der Waals surface area contributed by atoms with Crippen LogP contribution in [0.4, 0.5) is 0 Å². The second kappa shape index (κ2) is 7.95. The lowest BCUT2D eigenvalue weighted by Gasteiger charge is -2.13. The number of nitrogens with zero attached hydrogens (tertiary/aromatic N) is 1. The Morgan fingerprint density at radius 1 is 1.08 bits per heavy atom. The maximum absolute atomic E-state index is 12.4. The minimum Gasteiger partial charge on any atom is -0.496 e. The second-order valence-electron chi connectivity index (χ2n) is 6.18. The molecular formula is C21H24N2O3. The molecule has 0 saturated heterocycles. The molecule has 0 aliphatic carbocycles. The topological polar surface area (TPSA) is 52.5 Å². The number of fused-ring (bicyclic) bond motifs is 1. The van der Waals surface area contributed by atoms with Crippen LogP contribution in [0.5, 0.6) is 11.5 Å². The van der Waals surface area contributed by atoms with Crippen LogP contribution in [0, 0.1) is 6.92 Å². The number of carbonyl (C=O) groups is 1. The summed E-state index contributed by atoms with van der Waals surface area (Å²) in [5.41, 5.74) is 2.63. The van der Waals surface area contributed by atoms with Gasteiger partial charge in [0.15, 0.2) is 0 Å². The van der Waals surface area contributed by atoms with Crippen molar-refractivity contribution in [3.05, 3.63) is 59.8 Å². The molecule has 0 aliphatic heterocycles. The van der Waals surface area contributed by atoms with E-state index in [9.17, 15) is 4.79 Å². The number of aryl methyl sites for hydroxylation is 1. The van der Waals surface area contributed by atoms with Gasteiger partial charge in [-0.15, -0.1) is 0 Å².